The summed E-state index contributed by atoms with van der Waals surface area (Å²) in [6, 6.07) is 0. The van der Waals surface area contributed by atoms with Gasteiger partial charge in [-0.2, -0.15) is 0 Å². The van der Waals surface area contributed by atoms with Crippen LogP contribution in [-0.4, -0.2) is 3.74 Å². The molecule has 0 aromatic heterocycles. The fourth-order valence-electron chi connectivity index (χ4n) is 0.722. The highest BCUT2D eigenvalue weighted by molar-refractivity contribution is 9.24. The van der Waals surface area contributed by atoms with Gasteiger partial charge in [0.15, 0.2) is 0 Å². The van der Waals surface area contributed by atoms with Crippen LogP contribution in [0.5, 0.6) is 0 Å². The summed E-state index contributed by atoms with van der Waals surface area (Å²) in [7, 11) is 0. The van der Waals surface area contributed by atoms with Crippen LogP contribution in [0.15, 0.2) is 0 Å². The zero-order valence-electron chi connectivity index (χ0n) is 6.90. The molecule has 0 radical (unpaired) electrons. The molecule has 0 amide bonds. The zero-order valence-corrected chi connectivity index (χ0v) is 10.1. The van der Waals surface area contributed by atoms with Gasteiger partial charge >= 0.3 is 0 Å². The molecule has 0 spiro atoms. The molecule has 0 aliphatic carbocycles. The topological polar surface area (TPSA) is 0 Å². The van der Waals surface area contributed by atoms with E-state index in [-0.39, 0.29) is 0 Å². The lowest BCUT2D eigenvalue weighted by Gasteiger charge is -2.13. The molecule has 0 aromatic rings. The van der Waals surface area contributed by atoms with Crippen LogP contribution in [0.4, 0.5) is 0 Å². The molecule has 0 aliphatic heterocycles. The predicted octanol–water partition coefficient (Wildman–Crippen LogP) is 4.17. The Bertz CT molecular complexity index is 79.3. The molecule has 1 atom stereocenters. The average Bonchev–Trinajstić information content (AvgIpc) is 1.82. The van der Waals surface area contributed by atoms with Gasteiger partial charge in [0, 0.05) is 0 Å². The highest BCUT2D eigenvalue weighted by Crippen LogP contribution is 2.24. The molecule has 0 aromatic carbocycles. The summed E-state index contributed by atoms with van der Waals surface area (Å²) >= 11 is 7.01. The van der Waals surface area contributed by atoms with Crippen LogP contribution < -0.4 is 0 Å². The molecule has 0 saturated carbocycles. The third kappa shape index (κ3) is 5.72. The SMILES string of the molecule is CC(C)CCC(C)C(Br)Br. The Morgan fingerprint density at radius 1 is 1.00 bits per heavy atom. The predicted molar refractivity (Wildman–Crippen MR) is 54.9 cm³/mol. The van der Waals surface area contributed by atoms with Gasteiger partial charge in [0.25, 0.3) is 0 Å². The van der Waals surface area contributed by atoms with Crippen molar-refractivity contribution in [2.45, 2.75) is 37.3 Å². The van der Waals surface area contributed by atoms with E-state index in [0.717, 1.165) is 11.8 Å². The van der Waals surface area contributed by atoms with E-state index in [4.69, 9.17) is 0 Å². The van der Waals surface area contributed by atoms with Gasteiger partial charge < -0.3 is 0 Å². The van der Waals surface area contributed by atoms with Gasteiger partial charge in [0.2, 0.25) is 0 Å². The minimum absolute atomic E-state index is 0.485. The monoisotopic (exact) mass is 270 g/mol. The molecule has 0 rings (SSSR count). The van der Waals surface area contributed by atoms with E-state index in [1.165, 1.54) is 12.8 Å². The van der Waals surface area contributed by atoms with Crippen LogP contribution in [0.1, 0.15) is 33.6 Å². The Hall–Kier alpha value is 0.960. The van der Waals surface area contributed by atoms with Crippen molar-refractivity contribution < 1.29 is 0 Å². The smallest absolute Gasteiger partial charge is 0.0723 e. The molecule has 0 nitrogen and oxygen atoms in total. The van der Waals surface area contributed by atoms with Crippen LogP contribution in [0.3, 0.4) is 0 Å². The molecule has 2 heteroatoms. The van der Waals surface area contributed by atoms with Crippen molar-refractivity contribution in [3.63, 3.8) is 0 Å². The molecule has 0 fully saturated rings. The van der Waals surface area contributed by atoms with Crippen molar-refractivity contribution in [1.29, 1.82) is 0 Å². The van der Waals surface area contributed by atoms with Crippen molar-refractivity contribution in [1.82, 2.24) is 0 Å². The quantitative estimate of drug-likeness (QED) is 0.673. The molecule has 0 aliphatic rings. The second-order valence-electron chi connectivity index (χ2n) is 3.28. The van der Waals surface area contributed by atoms with Crippen LogP contribution >= 0.6 is 31.9 Å². The second kappa shape index (κ2) is 5.59. The Morgan fingerprint density at radius 3 is 1.80 bits per heavy atom. The zero-order chi connectivity index (χ0) is 8.15. The summed E-state index contributed by atoms with van der Waals surface area (Å²) in [5.41, 5.74) is 0. The van der Waals surface area contributed by atoms with E-state index in [1.807, 2.05) is 0 Å². The summed E-state index contributed by atoms with van der Waals surface area (Å²) < 4.78 is 0.485. The van der Waals surface area contributed by atoms with Gasteiger partial charge in [0.1, 0.15) is 0 Å². The summed E-state index contributed by atoms with van der Waals surface area (Å²) in [6.45, 7) is 6.80. The van der Waals surface area contributed by atoms with Crippen LogP contribution in [0.2, 0.25) is 0 Å². The van der Waals surface area contributed by atoms with Crippen molar-refractivity contribution in [3.8, 4) is 0 Å². The van der Waals surface area contributed by atoms with Crippen molar-refractivity contribution in [2.75, 3.05) is 0 Å². The largest absolute Gasteiger partial charge is 0.0762 e. The van der Waals surface area contributed by atoms with Crippen molar-refractivity contribution in [2.24, 2.45) is 11.8 Å². The minimum Gasteiger partial charge on any atom is -0.0762 e. The van der Waals surface area contributed by atoms with E-state index in [9.17, 15) is 0 Å². The maximum atomic E-state index is 3.51. The highest BCUT2D eigenvalue weighted by atomic mass is 79.9. The second-order valence-corrected chi connectivity index (χ2v) is 6.48. The third-order valence-corrected chi connectivity index (χ3v) is 3.43. The number of hydrogen-bond acceptors (Lipinski definition) is 0. The molecule has 0 N–H and O–H groups in total. The normalized spacial score (nSPS) is 14.7. The molecular formula is C8H16Br2. The van der Waals surface area contributed by atoms with Crippen LogP contribution in [0, 0.1) is 11.8 Å². The summed E-state index contributed by atoms with van der Waals surface area (Å²) in [5, 5.41) is 0. The van der Waals surface area contributed by atoms with E-state index < -0.39 is 0 Å². The van der Waals surface area contributed by atoms with Gasteiger partial charge in [-0.3, -0.25) is 0 Å². The maximum Gasteiger partial charge on any atom is 0.0723 e. The summed E-state index contributed by atoms with van der Waals surface area (Å²) in [5.74, 6) is 1.57. The van der Waals surface area contributed by atoms with Crippen LogP contribution in [-0.2, 0) is 0 Å². The van der Waals surface area contributed by atoms with E-state index in [2.05, 4.69) is 52.6 Å². The number of halogens is 2. The Morgan fingerprint density at radius 2 is 1.50 bits per heavy atom. The lowest BCUT2D eigenvalue weighted by molar-refractivity contribution is 0.475. The molecule has 0 bridgehead atoms. The fourth-order valence-corrected chi connectivity index (χ4v) is 1.25. The van der Waals surface area contributed by atoms with Gasteiger partial charge in [0.05, 0.1) is 3.74 Å². The average molecular weight is 272 g/mol. The standard InChI is InChI=1S/C8H16Br2/c1-6(2)4-5-7(3)8(9)10/h6-8H,4-5H2,1-3H3. The summed E-state index contributed by atoms with van der Waals surface area (Å²) in [4.78, 5) is 0. The molecule has 0 heterocycles. The molecule has 62 valence electrons. The Labute approximate surface area is 81.0 Å². The summed E-state index contributed by atoms with van der Waals surface area (Å²) in [6.07, 6.45) is 2.63. The number of rotatable bonds is 4. The van der Waals surface area contributed by atoms with Crippen molar-refractivity contribution in [3.05, 3.63) is 0 Å². The van der Waals surface area contributed by atoms with Crippen LogP contribution in [0.25, 0.3) is 0 Å². The van der Waals surface area contributed by atoms with Gasteiger partial charge in [-0.1, -0.05) is 59.1 Å². The Kier molecular flexibility index (Phi) is 6.13. The first-order valence-electron chi connectivity index (χ1n) is 3.82. The first kappa shape index (κ1) is 11.0. The molecule has 1 unspecified atom stereocenters. The van der Waals surface area contributed by atoms with E-state index in [0.29, 0.717) is 3.74 Å². The maximum absolute atomic E-state index is 3.51. The molecule has 10 heavy (non-hydrogen) atoms. The lowest BCUT2D eigenvalue weighted by Crippen LogP contribution is -2.04. The van der Waals surface area contributed by atoms with E-state index in [1.54, 1.807) is 0 Å². The first-order chi connectivity index (χ1) is 4.54. The fraction of sp³-hybridized carbons (Fsp3) is 1.00. The van der Waals surface area contributed by atoms with Gasteiger partial charge in [-0.25, -0.2) is 0 Å². The highest BCUT2D eigenvalue weighted by Gasteiger charge is 2.09. The molecule has 0 saturated heterocycles. The lowest BCUT2D eigenvalue weighted by atomic mass is 10.0. The first-order valence-corrected chi connectivity index (χ1v) is 5.65. The number of hydrogen-bond donors (Lipinski definition) is 0. The minimum atomic E-state index is 0.485. The van der Waals surface area contributed by atoms with Crippen molar-refractivity contribution >= 4 is 31.9 Å². The Balaban J connectivity index is 3.30. The third-order valence-electron chi connectivity index (χ3n) is 1.63. The molecular weight excluding hydrogens is 256 g/mol. The van der Waals surface area contributed by atoms with E-state index >= 15 is 0 Å². The van der Waals surface area contributed by atoms with Gasteiger partial charge in [-0.15, -0.1) is 0 Å². The number of alkyl halides is 2. The van der Waals surface area contributed by atoms with Gasteiger partial charge in [-0.05, 0) is 18.3 Å².